The van der Waals surface area contributed by atoms with Gasteiger partial charge in [0.2, 0.25) is 5.95 Å². The quantitative estimate of drug-likeness (QED) is 0.763. The molecule has 1 atom stereocenters. The Morgan fingerprint density at radius 3 is 3.00 bits per heavy atom. The second-order valence-corrected chi connectivity index (χ2v) is 5.76. The maximum Gasteiger partial charge on any atom is 0.260 e. The fraction of sp³-hybridized carbons (Fsp3) is 0.222. The van der Waals surface area contributed by atoms with Crippen LogP contribution in [0.25, 0.3) is 10.9 Å². The summed E-state index contributed by atoms with van der Waals surface area (Å²) in [6.45, 7) is 2.69. The SMILES string of the molecule is Cc1cccc2c1OCC[C@@H]2Nc1nc2ccccc2c(=O)[nH]1. The van der Waals surface area contributed by atoms with Gasteiger partial charge < -0.3 is 10.1 Å². The van der Waals surface area contributed by atoms with Crippen LogP contribution in [0, 0.1) is 6.92 Å². The fourth-order valence-corrected chi connectivity index (χ4v) is 3.05. The van der Waals surface area contributed by atoms with Gasteiger partial charge in [0.1, 0.15) is 5.75 Å². The smallest absolute Gasteiger partial charge is 0.260 e. The summed E-state index contributed by atoms with van der Waals surface area (Å²) in [5.41, 5.74) is 2.78. The maximum absolute atomic E-state index is 12.2. The minimum atomic E-state index is -0.130. The number of ether oxygens (including phenoxy) is 1. The van der Waals surface area contributed by atoms with Gasteiger partial charge in [-0.25, -0.2) is 4.98 Å². The first-order valence-electron chi connectivity index (χ1n) is 7.70. The van der Waals surface area contributed by atoms with Crippen molar-refractivity contribution in [2.75, 3.05) is 11.9 Å². The highest BCUT2D eigenvalue weighted by molar-refractivity contribution is 5.78. The van der Waals surface area contributed by atoms with E-state index < -0.39 is 0 Å². The molecule has 0 amide bonds. The van der Waals surface area contributed by atoms with Gasteiger partial charge in [0.05, 0.1) is 23.6 Å². The molecule has 2 aromatic carbocycles. The van der Waals surface area contributed by atoms with Crippen LogP contribution in [0.15, 0.2) is 47.3 Å². The van der Waals surface area contributed by atoms with Crippen molar-refractivity contribution in [3.8, 4) is 5.75 Å². The Hall–Kier alpha value is -2.82. The summed E-state index contributed by atoms with van der Waals surface area (Å²) in [6, 6.07) is 13.5. The summed E-state index contributed by atoms with van der Waals surface area (Å²) in [6.07, 6.45) is 0.826. The van der Waals surface area contributed by atoms with E-state index in [0.29, 0.717) is 23.5 Å². The predicted molar refractivity (Wildman–Crippen MR) is 90.0 cm³/mol. The number of benzene rings is 2. The topological polar surface area (TPSA) is 67.0 Å². The molecule has 0 aliphatic carbocycles. The van der Waals surface area contributed by atoms with Crippen molar-refractivity contribution in [2.24, 2.45) is 0 Å². The van der Waals surface area contributed by atoms with Gasteiger partial charge in [-0.3, -0.25) is 9.78 Å². The van der Waals surface area contributed by atoms with Gasteiger partial charge in [-0.05, 0) is 24.6 Å². The molecule has 0 bridgehead atoms. The fourth-order valence-electron chi connectivity index (χ4n) is 3.05. The summed E-state index contributed by atoms with van der Waals surface area (Å²) in [4.78, 5) is 19.5. The van der Waals surface area contributed by atoms with E-state index in [-0.39, 0.29) is 11.6 Å². The van der Waals surface area contributed by atoms with E-state index >= 15 is 0 Å². The van der Waals surface area contributed by atoms with Crippen LogP contribution >= 0.6 is 0 Å². The van der Waals surface area contributed by atoms with E-state index in [4.69, 9.17) is 4.74 Å². The molecule has 1 aliphatic rings. The van der Waals surface area contributed by atoms with Crippen LogP contribution in [-0.4, -0.2) is 16.6 Å². The number of aromatic nitrogens is 2. The molecule has 116 valence electrons. The number of anilines is 1. The van der Waals surface area contributed by atoms with Crippen molar-refractivity contribution in [3.05, 3.63) is 63.9 Å². The van der Waals surface area contributed by atoms with Crippen molar-refractivity contribution in [2.45, 2.75) is 19.4 Å². The first-order valence-corrected chi connectivity index (χ1v) is 7.70. The van der Waals surface area contributed by atoms with Crippen molar-refractivity contribution < 1.29 is 4.74 Å². The van der Waals surface area contributed by atoms with Crippen LogP contribution in [0.1, 0.15) is 23.6 Å². The van der Waals surface area contributed by atoms with E-state index in [0.717, 1.165) is 23.3 Å². The first-order chi connectivity index (χ1) is 11.2. The highest BCUT2D eigenvalue weighted by Crippen LogP contribution is 2.35. The zero-order chi connectivity index (χ0) is 15.8. The average molecular weight is 307 g/mol. The molecular formula is C18H17N3O2. The van der Waals surface area contributed by atoms with Gasteiger partial charge in [-0.2, -0.15) is 0 Å². The lowest BCUT2D eigenvalue weighted by Gasteiger charge is -2.28. The number of fused-ring (bicyclic) bond motifs is 2. The molecule has 5 nitrogen and oxygen atoms in total. The second kappa shape index (κ2) is 5.43. The minimum Gasteiger partial charge on any atom is -0.493 e. The molecule has 0 fully saturated rings. The Morgan fingerprint density at radius 2 is 2.09 bits per heavy atom. The molecule has 1 aliphatic heterocycles. The van der Waals surface area contributed by atoms with Crippen LogP contribution < -0.4 is 15.6 Å². The zero-order valence-corrected chi connectivity index (χ0v) is 12.8. The molecule has 0 saturated heterocycles. The van der Waals surface area contributed by atoms with Crippen molar-refractivity contribution in [1.29, 1.82) is 0 Å². The van der Waals surface area contributed by atoms with Crippen LogP contribution in [0.5, 0.6) is 5.75 Å². The third kappa shape index (κ3) is 2.44. The summed E-state index contributed by atoms with van der Waals surface area (Å²) in [5.74, 6) is 1.42. The standard InChI is InChI=1S/C18H17N3O2/c1-11-5-4-7-12-15(9-10-23-16(11)12)20-18-19-14-8-3-2-6-13(14)17(22)21-18/h2-8,15H,9-10H2,1H3,(H2,19,20,21,22)/t15-/m0/s1. The van der Waals surface area contributed by atoms with Gasteiger partial charge in [0.25, 0.3) is 5.56 Å². The van der Waals surface area contributed by atoms with Crippen molar-refractivity contribution >= 4 is 16.9 Å². The molecule has 23 heavy (non-hydrogen) atoms. The molecule has 1 aromatic heterocycles. The number of aryl methyl sites for hydroxylation is 1. The summed E-state index contributed by atoms with van der Waals surface area (Å²) in [7, 11) is 0. The summed E-state index contributed by atoms with van der Waals surface area (Å²) >= 11 is 0. The van der Waals surface area contributed by atoms with Gasteiger partial charge >= 0.3 is 0 Å². The van der Waals surface area contributed by atoms with Crippen LogP contribution in [0.2, 0.25) is 0 Å². The minimum absolute atomic E-state index is 0.0722. The van der Waals surface area contributed by atoms with Crippen LogP contribution in [0.4, 0.5) is 5.95 Å². The molecule has 0 spiro atoms. The Bertz CT molecular complexity index is 933. The van der Waals surface area contributed by atoms with Crippen LogP contribution in [0.3, 0.4) is 0 Å². The number of nitrogens with one attached hydrogen (secondary N) is 2. The molecule has 2 N–H and O–H groups in total. The number of rotatable bonds is 2. The van der Waals surface area contributed by atoms with E-state index in [1.165, 1.54) is 0 Å². The highest BCUT2D eigenvalue weighted by Gasteiger charge is 2.23. The van der Waals surface area contributed by atoms with Gasteiger partial charge in [-0.1, -0.05) is 30.3 Å². The number of nitrogens with zero attached hydrogens (tertiary/aromatic N) is 1. The Morgan fingerprint density at radius 1 is 1.22 bits per heavy atom. The Labute approximate surface area is 133 Å². The van der Waals surface area contributed by atoms with E-state index in [2.05, 4.69) is 21.4 Å². The molecule has 0 unspecified atom stereocenters. The third-order valence-corrected chi connectivity index (χ3v) is 4.19. The van der Waals surface area contributed by atoms with E-state index in [1.54, 1.807) is 6.07 Å². The summed E-state index contributed by atoms with van der Waals surface area (Å²) < 4.78 is 5.78. The largest absolute Gasteiger partial charge is 0.493 e. The zero-order valence-electron chi connectivity index (χ0n) is 12.8. The van der Waals surface area contributed by atoms with Crippen molar-refractivity contribution in [1.82, 2.24) is 9.97 Å². The lowest BCUT2D eigenvalue weighted by Crippen LogP contribution is -2.23. The number of H-pyrrole nitrogens is 1. The third-order valence-electron chi connectivity index (χ3n) is 4.19. The average Bonchev–Trinajstić information content (AvgIpc) is 2.56. The molecule has 0 radical (unpaired) electrons. The second-order valence-electron chi connectivity index (χ2n) is 5.76. The predicted octanol–water partition coefficient (Wildman–Crippen LogP) is 3.17. The van der Waals surface area contributed by atoms with E-state index in [1.807, 2.05) is 37.3 Å². The number of hydrogen-bond donors (Lipinski definition) is 2. The molecule has 3 aromatic rings. The monoisotopic (exact) mass is 307 g/mol. The number of para-hydroxylation sites is 2. The normalized spacial score (nSPS) is 16.7. The molecule has 2 heterocycles. The maximum atomic E-state index is 12.2. The Balaban J connectivity index is 1.72. The van der Waals surface area contributed by atoms with E-state index in [9.17, 15) is 4.79 Å². The van der Waals surface area contributed by atoms with Gasteiger partial charge in [-0.15, -0.1) is 0 Å². The molecule has 5 heteroatoms. The van der Waals surface area contributed by atoms with Gasteiger partial charge in [0.15, 0.2) is 0 Å². The highest BCUT2D eigenvalue weighted by atomic mass is 16.5. The lowest BCUT2D eigenvalue weighted by atomic mass is 9.98. The Kier molecular flexibility index (Phi) is 3.26. The van der Waals surface area contributed by atoms with Crippen LogP contribution in [-0.2, 0) is 0 Å². The van der Waals surface area contributed by atoms with Crippen molar-refractivity contribution in [3.63, 3.8) is 0 Å². The number of hydrogen-bond acceptors (Lipinski definition) is 4. The molecule has 0 saturated carbocycles. The first kappa shape index (κ1) is 13.8. The summed E-state index contributed by atoms with van der Waals surface area (Å²) in [5, 5.41) is 3.95. The molecule has 4 rings (SSSR count). The lowest BCUT2D eigenvalue weighted by molar-refractivity contribution is 0.272. The number of aromatic amines is 1. The van der Waals surface area contributed by atoms with Gasteiger partial charge in [0, 0.05) is 12.0 Å². The molecular weight excluding hydrogens is 290 g/mol.